The molecule has 2 heteroatoms. The van der Waals surface area contributed by atoms with Gasteiger partial charge in [0.25, 0.3) is 0 Å². The minimum absolute atomic E-state index is 0.709. The van der Waals surface area contributed by atoms with Crippen molar-refractivity contribution in [2.75, 3.05) is 0 Å². The molecule has 1 aromatic heterocycles. The maximum absolute atomic E-state index is 4.80. The summed E-state index contributed by atoms with van der Waals surface area (Å²) in [5.41, 5.74) is 5.87. The van der Waals surface area contributed by atoms with E-state index in [1.54, 1.807) is 0 Å². The number of hydrogen-bond acceptors (Lipinski definition) is 2. The van der Waals surface area contributed by atoms with Crippen molar-refractivity contribution in [2.24, 2.45) is 0 Å². The van der Waals surface area contributed by atoms with Crippen LogP contribution in [0.3, 0.4) is 0 Å². The van der Waals surface area contributed by atoms with Gasteiger partial charge in [0.1, 0.15) is 0 Å². The van der Waals surface area contributed by atoms with E-state index < -0.39 is 0 Å². The van der Waals surface area contributed by atoms with Gasteiger partial charge in [0.2, 0.25) is 0 Å². The molecule has 0 spiro atoms. The van der Waals surface area contributed by atoms with Crippen LogP contribution in [0.5, 0.6) is 0 Å². The zero-order chi connectivity index (χ0) is 18.4. The standard InChI is InChI=1S/C24H22N2/c1-4-5-7-12-19(3)22-17-23(21-15-10-11-18(2)16-21)26-24(25-22)20-13-8-6-9-14-20/h4-17H,3H2,1-2H3/b5-4-,12-7-. The largest absolute Gasteiger partial charge is 0.228 e. The van der Waals surface area contributed by atoms with Crippen molar-refractivity contribution in [3.05, 3.63) is 103 Å². The molecule has 0 aliphatic rings. The lowest BCUT2D eigenvalue weighted by Crippen LogP contribution is -1.97. The first-order valence-electron chi connectivity index (χ1n) is 8.67. The maximum Gasteiger partial charge on any atom is 0.160 e. The molecule has 0 N–H and O–H groups in total. The summed E-state index contributed by atoms with van der Waals surface area (Å²) in [5, 5.41) is 0. The first-order valence-corrected chi connectivity index (χ1v) is 8.67. The Morgan fingerprint density at radius 3 is 2.38 bits per heavy atom. The van der Waals surface area contributed by atoms with Gasteiger partial charge in [-0.05, 0) is 31.6 Å². The zero-order valence-electron chi connectivity index (χ0n) is 15.2. The van der Waals surface area contributed by atoms with Crippen molar-refractivity contribution in [1.29, 1.82) is 0 Å². The summed E-state index contributed by atoms with van der Waals surface area (Å²) < 4.78 is 0. The van der Waals surface area contributed by atoms with Gasteiger partial charge in [0.15, 0.2) is 5.82 Å². The van der Waals surface area contributed by atoms with Crippen molar-refractivity contribution in [2.45, 2.75) is 13.8 Å². The molecule has 26 heavy (non-hydrogen) atoms. The van der Waals surface area contributed by atoms with Crippen molar-refractivity contribution in [1.82, 2.24) is 9.97 Å². The van der Waals surface area contributed by atoms with E-state index in [1.807, 2.05) is 67.6 Å². The Labute approximate surface area is 155 Å². The summed E-state index contributed by atoms with van der Waals surface area (Å²) in [6.45, 7) is 8.25. The van der Waals surface area contributed by atoms with Crippen molar-refractivity contribution in [3.8, 4) is 22.6 Å². The van der Waals surface area contributed by atoms with Gasteiger partial charge in [0.05, 0.1) is 11.4 Å². The third-order valence-corrected chi connectivity index (χ3v) is 4.00. The van der Waals surface area contributed by atoms with E-state index in [4.69, 9.17) is 9.97 Å². The molecule has 0 bridgehead atoms. The molecular weight excluding hydrogens is 316 g/mol. The van der Waals surface area contributed by atoms with Crippen LogP contribution < -0.4 is 0 Å². The fourth-order valence-electron chi connectivity index (χ4n) is 2.65. The van der Waals surface area contributed by atoms with Crippen LogP contribution >= 0.6 is 0 Å². The number of benzene rings is 2. The molecule has 0 saturated heterocycles. The number of rotatable bonds is 5. The van der Waals surface area contributed by atoms with E-state index in [1.165, 1.54) is 5.56 Å². The number of aryl methyl sites for hydroxylation is 1. The van der Waals surface area contributed by atoms with E-state index in [9.17, 15) is 0 Å². The Morgan fingerprint density at radius 1 is 0.885 bits per heavy atom. The first-order chi connectivity index (χ1) is 12.7. The Balaban J connectivity index is 2.12. The lowest BCUT2D eigenvalue weighted by molar-refractivity contribution is 1.16. The maximum atomic E-state index is 4.80. The fourth-order valence-corrected chi connectivity index (χ4v) is 2.65. The molecule has 0 aliphatic carbocycles. The zero-order valence-corrected chi connectivity index (χ0v) is 15.2. The first kappa shape index (κ1) is 17.6. The minimum atomic E-state index is 0.709. The molecule has 1 heterocycles. The molecule has 0 fully saturated rings. The molecule has 0 saturated carbocycles. The van der Waals surface area contributed by atoms with Crippen molar-refractivity contribution < 1.29 is 0 Å². The predicted molar refractivity (Wildman–Crippen MR) is 111 cm³/mol. The predicted octanol–water partition coefficient (Wildman–Crippen LogP) is 6.26. The molecule has 0 radical (unpaired) electrons. The second kappa shape index (κ2) is 8.21. The van der Waals surface area contributed by atoms with E-state index in [-0.39, 0.29) is 0 Å². The van der Waals surface area contributed by atoms with Crippen LogP contribution in [0, 0.1) is 6.92 Å². The molecule has 0 unspecified atom stereocenters. The number of nitrogens with zero attached hydrogens (tertiary/aromatic N) is 2. The monoisotopic (exact) mass is 338 g/mol. The summed E-state index contributed by atoms with van der Waals surface area (Å²) in [4.78, 5) is 9.55. The summed E-state index contributed by atoms with van der Waals surface area (Å²) in [6.07, 6.45) is 7.90. The highest BCUT2D eigenvalue weighted by Crippen LogP contribution is 2.25. The Morgan fingerprint density at radius 2 is 1.65 bits per heavy atom. The highest BCUT2D eigenvalue weighted by atomic mass is 14.9. The van der Waals surface area contributed by atoms with Crippen LogP contribution in [0.25, 0.3) is 28.2 Å². The topological polar surface area (TPSA) is 25.8 Å². The molecule has 0 atom stereocenters. The lowest BCUT2D eigenvalue weighted by Gasteiger charge is -2.09. The highest BCUT2D eigenvalue weighted by Gasteiger charge is 2.10. The fraction of sp³-hybridized carbons (Fsp3) is 0.0833. The smallest absolute Gasteiger partial charge is 0.160 e. The average Bonchev–Trinajstić information content (AvgIpc) is 2.68. The average molecular weight is 338 g/mol. The van der Waals surface area contributed by atoms with Crippen LogP contribution in [0.2, 0.25) is 0 Å². The second-order valence-corrected chi connectivity index (χ2v) is 6.11. The SMILES string of the molecule is C=C(/C=C\C=C/C)c1cc(-c2cccc(C)c2)nc(-c2ccccc2)n1. The molecule has 3 aromatic rings. The Bertz CT molecular complexity index is 967. The molecule has 0 aliphatic heterocycles. The van der Waals surface area contributed by atoms with Crippen LogP contribution in [0.1, 0.15) is 18.2 Å². The Hall–Kier alpha value is -3.26. The normalized spacial score (nSPS) is 11.3. The van der Waals surface area contributed by atoms with E-state index in [2.05, 4.69) is 37.8 Å². The van der Waals surface area contributed by atoms with Gasteiger partial charge >= 0.3 is 0 Å². The van der Waals surface area contributed by atoms with E-state index in [0.717, 1.165) is 28.1 Å². The van der Waals surface area contributed by atoms with Crippen LogP contribution in [0.4, 0.5) is 0 Å². The van der Waals surface area contributed by atoms with Crippen LogP contribution in [-0.4, -0.2) is 9.97 Å². The van der Waals surface area contributed by atoms with Gasteiger partial charge in [-0.2, -0.15) is 0 Å². The third-order valence-electron chi connectivity index (χ3n) is 4.00. The Kier molecular flexibility index (Phi) is 5.55. The van der Waals surface area contributed by atoms with Gasteiger partial charge in [0, 0.05) is 11.1 Å². The molecule has 128 valence electrons. The summed E-state index contributed by atoms with van der Waals surface area (Å²) in [5.74, 6) is 0.709. The lowest BCUT2D eigenvalue weighted by atomic mass is 10.1. The van der Waals surface area contributed by atoms with Gasteiger partial charge in [-0.3, -0.25) is 0 Å². The van der Waals surface area contributed by atoms with Crippen molar-refractivity contribution in [3.63, 3.8) is 0 Å². The van der Waals surface area contributed by atoms with Crippen molar-refractivity contribution >= 4 is 5.57 Å². The third kappa shape index (κ3) is 4.22. The molecular formula is C24H22N2. The van der Waals surface area contributed by atoms with E-state index in [0.29, 0.717) is 5.82 Å². The summed E-state index contributed by atoms with van der Waals surface area (Å²) >= 11 is 0. The molecule has 0 amide bonds. The second-order valence-electron chi connectivity index (χ2n) is 6.11. The highest BCUT2D eigenvalue weighted by molar-refractivity contribution is 5.75. The number of allylic oxidation sites excluding steroid dienone is 5. The number of hydrogen-bond donors (Lipinski definition) is 0. The van der Waals surface area contributed by atoms with Gasteiger partial charge in [-0.15, -0.1) is 0 Å². The molecule has 2 aromatic carbocycles. The minimum Gasteiger partial charge on any atom is -0.228 e. The summed E-state index contributed by atoms with van der Waals surface area (Å²) in [6, 6.07) is 20.4. The molecule has 3 rings (SSSR count). The molecule has 2 nitrogen and oxygen atoms in total. The van der Waals surface area contributed by atoms with Crippen LogP contribution in [-0.2, 0) is 0 Å². The van der Waals surface area contributed by atoms with Gasteiger partial charge in [-0.25, -0.2) is 9.97 Å². The van der Waals surface area contributed by atoms with E-state index >= 15 is 0 Å². The summed E-state index contributed by atoms with van der Waals surface area (Å²) in [7, 11) is 0. The quantitative estimate of drug-likeness (QED) is 0.513. The van der Waals surface area contributed by atoms with Gasteiger partial charge < -0.3 is 0 Å². The number of aromatic nitrogens is 2. The van der Waals surface area contributed by atoms with Crippen LogP contribution in [0.15, 0.2) is 91.5 Å². The van der Waals surface area contributed by atoms with Gasteiger partial charge in [-0.1, -0.05) is 85.0 Å².